The van der Waals surface area contributed by atoms with Gasteiger partial charge in [-0.3, -0.25) is 0 Å². The van der Waals surface area contributed by atoms with Gasteiger partial charge < -0.3 is 15.0 Å². The molecule has 1 aliphatic heterocycles. The van der Waals surface area contributed by atoms with Gasteiger partial charge >= 0.3 is 0 Å². The predicted molar refractivity (Wildman–Crippen MR) is 95.2 cm³/mol. The lowest BCUT2D eigenvalue weighted by atomic mass is 10.1. The van der Waals surface area contributed by atoms with E-state index in [1.807, 2.05) is 12.4 Å². The summed E-state index contributed by atoms with van der Waals surface area (Å²) in [4.78, 5) is 11.1. The van der Waals surface area contributed by atoms with Gasteiger partial charge in [-0.15, -0.1) is 0 Å². The van der Waals surface area contributed by atoms with Crippen LogP contribution >= 0.6 is 0 Å². The molecule has 5 heteroatoms. The highest BCUT2D eigenvalue weighted by molar-refractivity contribution is 5.32. The minimum Gasteiger partial charge on any atom is -0.487 e. The summed E-state index contributed by atoms with van der Waals surface area (Å²) in [5.74, 6) is 1.59. The van der Waals surface area contributed by atoms with E-state index in [9.17, 15) is 0 Å². The van der Waals surface area contributed by atoms with Gasteiger partial charge in [0, 0.05) is 26.2 Å². The fraction of sp³-hybridized carbons (Fsp3) is 0.778. The Bertz CT molecular complexity index is 418. The average Bonchev–Trinajstić information content (AvgIpc) is 2.59. The van der Waals surface area contributed by atoms with Gasteiger partial charge in [-0.2, -0.15) is 0 Å². The van der Waals surface area contributed by atoms with Crippen LogP contribution in [0.2, 0.25) is 0 Å². The van der Waals surface area contributed by atoms with Crippen LogP contribution in [0.5, 0.6) is 5.75 Å². The van der Waals surface area contributed by atoms with Gasteiger partial charge in [-0.1, -0.05) is 39.0 Å². The van der Waals surface area contributed by atoms with Crippen LogP contribution in [0, 0.1) is 0 Å². The largest absolute Gasteiger partial charge is 0.487 e. The SMILES string of the molecule is CCCCCCCCC(C)Oc1cnc(N2CCNCC2)nc1. The van der Waals surface area contributed by atoms with Crippen LogP contribution in [0.3, 0.4) is 0 Å². The third-order valence-corrected chi connectivity index (χ3v) is 4.32. The van der Waals surface area contributed by atoms with Crippen molar-refractivity contribution in [2.24, 2.45) is 0 Å². The number of hydrogen-bond acceptors (Lipinski definition) is 5. The Balaban J connectivity index is 1.66. The fourth-order valence-corrected chi connectivity index (χ4v) is 2.90. The van der Waals surface area contributed by atoms with Crippen molar-refractivity contribution >= 4 is 5.95 Å². The van der Waals surface area contributed by atoms with Gasteiger partial charge in [-0.05, 0) is 19.8 Å². The van der Waals surface area contributed by atoms with E-state index in [1.54, 1.807) is 0 Å². The molecule has 1 saturated heterocycles. The van der Waals surface area contributed by atoms with E-state index in [0.29, 0.717) is 0 Å². The number of nitrogens with one attached hydrogen (secondary N) is 1. The number of piperazine rings is 1. The highest BCUT2D eigenvalue weighted by Gasteiger charge is 2.13. The van der Waals surface area contributed by atoms with Crippen LogP contribution in [-0.4, -0.2) is 42.3 Å². The molecule has 1 fully saturated rings. The summed E-state index contributed by atoms with van der Waals surface area (Å²) in [5.41, 5.74) is 0. The zero-order valence-electron chi connectivity index (χ0n) is 14.8. The first-order valence-electron chi connectivity index (χ1n) is 9.24. The normalized spacial score (nSPS) is 16.3. The smallest absolute Gasteiger partial charge is 0.225 e. The van der Waals surface area contributed by atoms with Gasteiger partial charge in [0.2, 0.25) is 5.95 Å². The first kappa shape index (κ1) is 18.0. The van der Waals surface area contributed by atoms with E-state index in [2.05, 4.69) is 34.0 Å². The molecule has 2 rings (SSSR count). The molecule has 1 unspecified atom stereocenters. The van der Waals surface area contributed by atoms with E-state index in [1.165, 1.54) is 38.5 Å². The summed E-state index contributed by atoms with van der Waals surface area (Å²) < 4.78 is 5.93. The Morgan fingerprint density at radius 1 is 1.09 bits per heavy atom. The van der Waals surface area contributed by atoms with Gasteiger partial charge in [0.15, 0.2) is 5.75 Å². The van der Waals surface area contributed by atoms with Crippen LogP contribution in [-0.2, 0) is 0 Å². The second-order valence-electron chi connectivity index (χ2n) is 6.44. The van der Waals surface area contributed by atoms with Crippen LogP contribution in [0.4, 0.5) is 5.95 Å². The number of aromatic nitrogens is 2. The van der Waals surface area contributed by atoms with Gasteiger partial charge in [0.05, 0.1) is 18.5 Å². The molecule has 1 aliphatic rings. The summed E-state index contributed by atoms with van der Waals surface area (Å²) in [6.45, 7) is 8.32. The zero-order chi connectivity index (χ0) is 16.3. The number of unbranched alkanes of at least 4 members (excludes halogenated alkanes) is 5. The number of hydrogen-bond donors (Lipinski definition) is 1. The van der Waals surface area contributed by atoms with E-state index < -0.39 is 0 Å². The maximum Gasteiger partial charge on any atom is 0.225 e. The molecule has 5 nitrogen and oxygen atoms in total. The Morgan fingerprint density at radius 2 is 1.74 bits per heavy atom. The molecule has 0 spiro atoms. The van der Waals surface area contributed by atoms with E-state index in [4.69, 9.17) is 4.74 Å². The quantitative estimate of drug-likeness (QED) is 0.670. The fourth-order valence-electron chi connectivity index (χ4n) is 2.90. The van der Waals surface area contributed by atoms with E-state index in [-0.39, 0.29) is 6.10 Å². The highest BCUT2D eigenvalue weighted by Crippen LogP contribution is 2.16. The molecule has 23 heavy (non-hydrogen) atoms. The molecule has 1 aromatic heterocycles. The van der Waals surface area contributed by atoms with E-state index >= 15 is 0 Å². The number of nitrogens with zero attached hydrogens (tertiary/aromatic N) is 3. The minimum absolute atomic E-state index is 0.231. The zero-order valence-corrected chi connectivity index (χ0v) is 14.8. The summed E-state index contributed by atoms with van der Waals surface area (Å²) in [6, 6.07) is 0. The molecule has 1 N–H and O–H groups in total. The van der Waals surface area contributed by atoms with Crippen LogP contribution < -0.4 is 15.0 Å². The molecule has 2 heterocycles. The molecule has 0 bridgehead atoms. The topological polar surface area (TPSA) is 50.3 Å². The van der Waals surface area contributed by atoms with Crippen molar-refractivity contribution in [1.29, 1.82) is 0 Å². The van der Waals surface area contributed by atoms with E-state index in [0.717, 1.165) is 44.3 Å². The second kappa shape index (κ2) is 10.4. The highest BCUT2D eigenvalue weighted by atomic mass is 16.5. The summed E-state index contributed by atoms with van der Waals surface area (Å²) >= 11 is 0. The van der Waals surface area contributed by atoms with Gasteiger partial charge in [-0.25, -0.2) is 9.97 Å². The Morgan fingerprint density at radius 3 is 2.43 bits per heavy atom. The van der Waals surface area contributed by atoms with Crippen LogP contribution in [0.15, 0.2) is 12.4 Å². The third-order valence-electron chi connectivity index (χ3n) is 4.32. The van der Waals surface area contributed by atoms with Gasteiger partial charge in [0.1, 0.15) is 0 Å². The van der Waals surface area contributed by atoms with Crippen molar-refractivity contribution in [3.8, 4) is 5.75 Å². The predicted octanol–water partition coefficient (Wildman–Crippen LogP) is 3.40. The van der Waals surface area contributed by atoms with Crippen LogP contribution in [0.25, 0.3) is 0 Å². The molecule has 1 atom stereocenters. The summed E-state index contributed by atoms with van der Waals surface area (Å²) in [6.07, 6.45) is 12.9. The maximum atomic E-state index is 5.93. The third kappa shape index (κ3) is 6.73. The molecular formula is C18H32N4O. The van der Waals surface area contributed by atoms with Gasteiger partial charge in [0.25, 0.3) is 0 Å². The first-order chi connectivity index (χ1) is 11.3. The molecule has 0 saturated carbocycles. The molecule has 1 aromatic rings. The second-order valence-corrected chi connectivity index (χ2v) is 6.44. The molecular weight excluding hydrogens is 288 g/mol. The molecule has 0 amide bonds. The number of rotatable bonds is 10. The number of anilines is 1. The molecule has 130 valence electrons. The van der Waals surface area contributed by atoms with Crippen molar-refractivity contribution < 1.29 is 4.74 Å². The maximum absolute atomic E-state index is 5.93. The minimum atomic E-state index is 0.231. The van der Waals surface area contributed by atoms with Crippen molar-refractivity contribution in [3.05, 3.63) is 12.4 Å². The molecule has 0 radical (unpaired) electrons. The Labute approximate surface area is 140 Å². The summed E-state index contributed by atoms with van der Waals surface area (Å²) in [5, 5.41) is 3.34. The molecule has 0 aliphatic carbocycles. The lowest BCUT2D eigenvalue weighted by Crippen LogP contribution is -2.44. The lowest BCUT2D eigenvalue weighted by Gasteiger charge is -2.27. The lowest BCUT2D eigenvalue weighted by molar-refractivity contribution is 0.204. The monoisotopic (exact) mass is 320 g/mol. The summed E-state index contributed by atoms with van der Waals surface area (Å²) in [7, 11) is 0. The van der Waals surface area contributed by atoms with Crippen molar-refractivity contribution in [2.45, 2.75) is 64.9 Å². The van der Waals surface area contributed by atoms with Crippen molar-refractivity contribution in [1.82, 2.24) is 15.3 Å². The number of ether oxygens (including phenoxy) is 1. The Kier molecular flexibility index (Phi) is 8.15. The van der Waals surface area contributed by atoms with Crippen molar-refractivity contribution in [3.63, 3.8) is 0 Å². The molecule has 0 aromatic carbocycles. The average molecular weight is 320 g/mol. The Hall–Kier alpha value is -1.36. The van der Waals surface area contributed by atoms with Crippen LogP contribution in [0.1, 0.15) is 58.8 Å². The first-order valence-corrected chi connectivity index (χ1v) is 9.24. The van der Waals surface area contributed by atoms with Crippen molar-refractivity contribution in [2.75, 3.05) is 31.1 Å². The standard InChI is InChI=1S/C18H32N4O/c1-3-4-5-6-7-8-9-16(2)23-17-14-20-18(21-15-17)22-12-10-19-11-13-22/h14-16,19H,3-13H2,1-2H3.